The van der Waals surface area contributed by atoms with Gasteiger partial charge in [-0.05, 0) is 24.6 Å². The SMILES string of the molecule is CNC(=O)c1ccccc1-c1nc(-c2ccccc2C)no1. The van der Waals surface area contributed by atoms with Crippen molar-refractivity contribution < 1.29 is 9.32 Å². The number of hydrogen-bond acceptors (Lipinski definition) is 4. The van der Waals surface area contributed by atoms with E-state index in [-0.39, 0.29) is 5.91 Å². The van der Waals surface area contributed by atoms with Gasteiger partial charge in [0.05, 0.1) is 11.1 Å². The molecule has 0 radical (unpaired) electrons. The number of rotatable bonds is 3. The molecule has 110 valence electrons. The maximum absolute atomic E-state index is 11.9. The number of aryl methyl sites for hydroxylation is 1. The second kappa shape index (κ2) is 5.81. The molecule has 0 fully saturated rings. The highest BCUT2D eigenvalue weighted by Gasteiger charge is 2.17. The summed E-state index contributed by atoms with van der Waals surface area (Å²) in [4.78, 5) is 16.4. The van der Waals surface area contributed by atoms with E-state index in [1.807, 2.05) is 37.3 Å². The van der Waals surface area contributed by atoms with Crippen molar-refractivity contribution in [1.29, 1.82) is 0 Å². The molecule has 3 aromatic rings. The van der Waals surface area contributed by atoms with Crippen molar-refractivity contribution in [2.24, 2.45) is 0 Å². The number of aromatic nitrogens is 2. The van der Waals surface area contributed by atoms with Crippen LogP contribution in [-0.2, 0) is 0 Å². The molecule has 2 aromatic carbocycles. The van der Waals surface area contributed by atoms with Gasteiger partial charge in [0.2, 0.25) is 5.82 Å². The molecule has 1 aromatic heterocycles. The molecule has 22 heavy (non-hydrogen) atoms. The fourth-order valence-corrected chi connectivity index (χ4v) is 2.27. The third kappa shape index (κ3) is 2.48. The van der Waals surface area contributed by atoms with Gasteiger partial charge in [0, 0.05) is 12.6 Å². The summed E-state index contributed by atoms with van der Waals surface area (Å²) in [5.41, 5.74) is 3.10. The largest absolute Gasteiger partial charge is 0.355 e. The molecule has 0 unspecified atom stereocenters. The van der Waals surface area contributed by atoms with E-state index in [1.54, 1.807) is 25.2 Å². The van der Waals surface area contributed by atoms with E-state index in [1.165, 1.54) is 0 Å². The molecule has 0 aliphatic carbocycles. The van der Waals surface area contributed by atoms with Gasteiger partial charge in [-0.3, -0.25) is 4.79 Å². The first-order chi connectivity index (χ1) is 10.7. The van der Waals surface area contributed by atoms with Crippen LogP contribution in [0.5, 0.6) is 0 Å². The molecule has 5 heteroatoms. The van der Waals surface area contributed by atoms with E-state index in [2.05, 4.69) is 15.5 Å². The number of hydrogen-bond donors (Lipinski definition) is 1. The Kier molecular flexibility index (Phi) is 3.70. The lowest BCUT2D eigenvalue weighted by Gasteiger charge is -2.03. The minimum absolute atomic E-state index is 0.189. The highest BCUT2D eigenvalue weighted by atomic mass is 16.5. The predicted molar refractivity (Wildman–Crippen MR) is 83.3 cm³/mol. The van der Waals surface area contributed by atoms with Gasteiger partial charge in [-0.1, -0.05) is 41.6 Å². The topological polar surface area (TPSA) is 68.0 Å². The van der Waals surface area contributed by atoms with Gasteiger partial charge in [0.25, 0.3) is 11.8 Å². The Bertz CT molecular complexity index is 824. The Morgan fingerprint density at radius 3 is 2.45 bits per heavy atom. The fraction of sp³-hybridized carbons (Fsp3) is 0.118. The van der Waals surface area contributed by atoms with Crippen molar-refractivity contribution in [3.8, 4) is 22.8 Å². The van der Waals surface area contributed by atoms with Crippen LogP contribution in [0.15, 0.2) is 53.1 Å². The average Bonchev–Trinajstić information content (AvgIpc) is 3.04. The van der Waals surface area contributed by atoms with Crippen molar-refractivity contribution in [3.05, 3.63) is 59.7 Å². The molecule has 1 heterocycles. The van der Waals surface area contributed by atoms with Gasteiger partial charge >= 0.3 is 0 Å². The summed E-state index contributed by atoms with van der Waals surface area (Å²) >= 11 is 0. The van der Waals surface area contributed by atoms with Gasteiger partial charge in [-0.15, -0.1) is 0 Å². The van der Waals surface area contributed by atoms with Crippen LogP contribution in [0.4, 0.5) is 0 Å². The van der Waals surface area contributed by atoms with Gasteiger partial charge in [-0.25, -0.2) is 0 Å². The summed E-state index contributed by atoms with van der Waals surface area (Å²) in [6.45, 7) is 1.99. The van der Waals surface area contributed by atoms with Crippen molar-refractivity contribution >= 4 is 5.91 Å². The molecular weight excluding hydrogens is 278 g/mol. The summed E-state index contributed by atoms with van der Waals surface area (Å²) in [5.74, 6) is 0.656. The van der Waals surface area contributed by atoms with Gasteiger partial charge in [0.1, 0.15) is 0 Å². The Balaban J connectivity index is 2.06. The molecule has 1 N–H and O–H groups in total. The predicted octanol–water partition coefficient (Wildman–Crippen LogP) is 3.07. The first-order valence-electron chi connectivity index (χ1n) is 6.92. The van der Waals surface area contributed by atoms with Crippen LogP contribution in [0, 0.1) is 6.92 Å². The number of carbonyl (C=O) groups is 1. The minimum atomic E-state index is -0.189. The molecule has 0 saturated carbocycles. The monoisotopic (exact) mass is 293 g/mol. The second-order valence-electron chi connectivity index (χ2n) is 4.86. The summed E-state index contributed by atoms with van der Waals surface area (Å²) in [6, 6.07) is 15.0. The van der Waals surface area contributed by atoms with E-state index >= 15 is 0 Å². The van der Waals surface area contributed by atoms with Crippen LogP contribution in [0.2, 0.25) is 0 Å². The normalized spacial score (nSPS) is 10.5. The molecular formula is C17H15N3O2. The first-order valence-corrected chi connectivity index (χ1v) is 6.92. The molecule has 0 bridgehead atoms. The molecule has 1 amide bonds. The van der Waals surface area contributed by atoms with Gasteiger partial charge < -0.3 is 9.84 Å². The van der Waals surface area contributed by atoms with Crippen LogP contribution in [0.25, 0.3) is 22.8 Å². The van der Waals surface area contributed by atoms with E-state index in [9.17, 15) is 4.79 Å². The Morgan fingerprint density at radius 1 is 1.05 bits per heavy atom. The zero-order chi connectivity index (χ0) is 15.5. The summed E-state index contributed by atoms with van der Waals surface area (Å²) in [7, 11) is 1.59. The van der Waals surface area contributed by atoms with E-state index in [4.69, 9.17) is 4.52 Å². The number of amides is 1. The van der Waals surface area contributed by atoms with Crippen LogP contribution >= 0.6 is 0 Å². The van der Waals surface area contributed by atoms with Crippen LogP contribution in [0.3, 0.4) is 0 Å². The zero-order valence-corrected chi connectivity index (χ0v) is 12.3. The van der Waals surface area contributed by atoms with Crippen molar-refractivity contribution in [3.63, 3.8) is 0 Å². The van der Waals surface area contributed by atoms with Crippen molar-refractivity contribution in [1.82, 2.24) is 15.5 Å². The summed E-state index contributed by atoms with van der Waals surface area (Å²) in [5, 5.41) is 6.64. The van der Waals surface area contributed by atoms with Crippen LogP contribution < -0.4 is 5.32 Å². The van der Waals surface area contributed by atoms with Crippen molar-refractivity contribution in [2.45, 2.75) is 6.92 Å². The lowest BCUT2D eigenvalue weighted by atomic mass is 10.1. The van der Waals surface area contributed by atoms with Crippen molar-refractivity contribution in [2.75, 3.05) is 7.05 Å². The van der Waals surface area contributed by atoms with Gasteiger partial charge in [-0.2, -0.15) is 4.98 Å². The maximum atomic E-state index is 11.9. The number of nitrogens with zero attached hydrogens (tertiary/aromatic N) is 2. The standard InChI is InChI=1S/C17H15N3O2/c1-11-7-3-4-8-12(11)15-19-17(22-20-15)14-10-6-5-9-13(14)16(21)18-2/h3-10H,1-2H3,(H,18,21). The third-order valence-corrected chi connectivity index (χ3v) is 3.44. The van der Waals surface area contributed by atoms with E-state index < -0.39 is 0 Å². The maximum Gasteiger partial charge on any atom is 0.259 e. The lowest BCUT2D eigenvalue weighted by molar-refractivity contribution is 0.0963. The second-order valence-corrected chi connectivity index (χ2v) is 4.86. The molecule has 0 aliphatic rings. The van der Waals surface area contributed by atoms with Crippen LogP contribution in [0.1, 0.15) is 15.9 Å². The molecule has 0 aliphatic heterocycles. The van der Waals surface area contributed by atoms with E-state index in [0.717, 1.165) is 11.1 Å². The summed E-state index contributed by atoms with van der Waals surface area (Å²) < 4.78 is 5.35. The van der Waals surface area contributed by atoms with Gasteiger partial charge in [0.15, 0.2) is 0 Å². The minimum Gasteiger partial charge on any atom is -0.355 e. The molecule has 5 nitrogen and oxygen atoms in total. The third-order valence-electron chi connectivity index (χ3n) is 3.44. The first kappa shape index (κ1) is 14.0. The number of nitrogens with one attached hydrogen (secondary N) is 1. The molecule has 0 spiro atoms. The lowest BCUT2D eigenvalue weighted by Crippen LogP contribution is -2.18. The zero-order valence-electron chi connectivity index (χ0n) is 12.3. The Hall–Kier alpha value is -2.95. The highest BCUT2D eigenvalue weighted by Crippen LogP contribution is 2.26. The highest BCUT2D eigenvalue weighted by molar-refractivity contribution is 5.99. The molecule has 3 rings (SSSR count). The van der Waals surface area contributed by atoms with Crippen LogP contribution in [-0.4, -0.2) is 23.1 Å². The summed E-state index contributed by atoms with van der Waals surface area (Å²) in [6.07, 6.45) is 0. The number of benzene rings is 2. The smallest absolute Gasteiger partial charge is 0.259 e. The fourth-order valence-electron chi connectivity index (χ4n) is 2.27. The molecule has 0 atom stereocenters. The number of carbonyl (C=O) groups excluding carboxylic acids is 1. The van der Waals surface area contributed by atoms with E-state index in [0.29, 0.717) is 22.8 Å². The Morgan fingerprint density at radius 2 is 1.73 bits per heavy atom. The Labute approximate surface area is 128 Å². The quantitative estimate of drug-likeness (QED) is 0.805. The average molecular weight is 293 g/mol. The molecule has 0 saturated heterocycles.